The number of Topliss-reactive ketones (excluding diaryl/α,β-unsaturated/α-hetero) is 1. The van der Waals surface area contributed by atoms with Crippen LogP contribution in [0.3, 0.4) is 0 Å². The molecule has 0 bridgehead atoms. The molecule has 0 aromatic carbocycles. The summed E-state index contributed by atoms with van der Waals surface area (Å²) in [6, 6.07) is 3.30. The maximum Gasteiger partial charge on any atom is 0.223 e. The number of carbonyl (C=O) groups excluding carboxylic acids is 1. The molecule has 1 rings (SSSR count). The van der Waals surface area contributed by atoms with E-state index in [9.17, 15) is 4.79 Å². The molecule has 0 saturated heterocycles. The highest BCUT2D eigenvalue weighted by Crippen LogP contribution is 2.01. The lowest BCUT2D eigenvalue weighted by Crippen LogP contribution is -2.08. The molecule has 0 amide bonds. The lowest BCUT2D eigenvalue weighted by Gasteiger charge is -1.98. The van der Waals surface area contributed by atoms with Crippen LogP contribution in [0.4, 0.5) is 0 Å². The first-order valence-corrected chi connectivity index (χ1v) is 4.10. The summed E-state index contributed by atoms with van der Waals surface area (Å²) in [6.07, 6.45) is 3.97. The fourth-order valence-electron chi connectivity index (χ4n) is 0.840. The lowest BCUT2D eigenvalue weighted by atomic mass is 10.3. The van der Waals surface area contributed by atoms with Crippen molar-refractivity contribution in [2.45, 2.75) is 6.42 Å². The standard InChI is InChI=1S/C10H12O3/c1-2-3-6-12-8-9(11)10-5-4-7-13-10/h2,4-5,7H,1,3,6,8H2. The third-order valence-corrected chi connectivity index (χ3v) is 1.50. The molecule has 3 nitrogen and oxygen atoms in total. The molecule has 3 heteroatoms. The van der Waals surface area contributed by atoms with Gasteiger partial charge in [-0.15, -0.1) is 6.58 Å². The van der Waals surface area contributed by atoms with E-state index in [4.69, 9.17) is 9.15 Å². The van der Waals surface area contributed by atoms with Crippen LogP contribution >= 0.6 is 0 Å². The monoisotopic (exact) mass is 180 g/mol. The van der Waals surface area contributed by atoms with Gasteiger partial charge in [-0.2, -0.15) is 0 Å². The molecule has 0 aliphatic heterocycles. The molecule has 1 aromatic rings. The number of carbonyl (C=O) groups is 1. The van der Waals surface area contributed by atoms with Gasteiger partial charge in [0.25, 0.3) is 0 Å². The van der Waals surface area contributed by atoms with Gasteiger partial charge in [0, 0.05) is 0 Å². The summed E-state index contributed by atoms with van der Waals surface area (Å²) in [6.45, 7) is 4.14. The van der Waals surface area contributed by atoms with Crippen LogP contribution in [0.15, 0.2) is 35.5 Å². The summed E-state index contributed by atoms with van der Waals surface area (Å²) in [4.78, 5) is 11.2. The number of furan rings is 1. The summed E-state index contributed by atoms with van der Waals surface area (Å²) in [7, 11) is 0. The zero-order valence-electron chi connectivity index (χ0n) is 7.36. The normalized spacial score (nSPS) is 9.85. The van der Waals surface area contributed by atoms with E-state index in [-0.39, 0.29) is 12.4 Å². The Kier molecular flexibility index (Phi) is 3.99. The van der Waals surface area contributed by atoms with Gasteiger partial charge in [-0.05, 0) is 18.6 Å². The van der Waals surface area contributed by atoms with Crippen molar-refractivity contribution in [1.82, 2.24) is 0 Å². The van der Waals surface area contributed by atoms with E-state index in [1.165, 1.54) is 6.26 Å². The van der Waals surface area contributed by atoms with E-state index in [0.717, 1.165) is 6.42 Å². The van der Waals surface area contributed by atoms with Crippen molar-refractivity contribution in [3.8, 4) is 0 Å². The summed E-state index contributed by atoms with van der Waals surface area (Å²) in [5, 5.41) is 0. The molecule has 0 saturated carbocycles. The SMILES string of the molecule is C=CCCOCC(=O)c1ccco1. The fraction of sp³-hybridized carbons (Fsp3) is 0.300. The van der Waals surface area contributed by atoms with E-state index in [2.05, 4.69) is 6.58 Å². The first kappa shape index (κ1) is 9.74. The van der Waals surface area contributed by atoms with E-state index in [0.29, 0.717) is 12.4 Å². The first-order chi connectivity index (χ1) is 6.34. The van der Waals surface area contributed by atoms with Gasteiger partial charge in [0.15, 0.2) is 5.76 Å². The molecule has 0 spiro atoms. The number of ketones is 1. The van der Waals surface area contributed by atoms with Crippen molar-refractivity contribution in [3.05, 3.63) is 36.8 Å². The average molecular weight is 180 g/mol. The van der Waals surface area contributed by atoms with Crippen molar-refractivity contribution in [2.24, 2.45) is 0 Å². The highest BCUT2D eigenvalue weighted by molar-refractivity contribution is 5.94. The van der Waals surface area contributed by atoms with Gasteiger partial charge in [-0.1, -0.05) is 6.08 Å². The molecule has 1 heterocycles. The molecule has 0 fully saturated rings. The van der Waals surface area contributed by atoms with Gasteiger partial charge < -0.3 is 9.15 Å². The Balaban J connectivity index is 2.23. The van der Waals surface area contributed by atoms with E-state index < -0.39 is 0 Å². The third kappa shape index (κ3) is 3.25. The van der Waals surface area contributed by atoms with E-state index >= 15 is 0 Å². The topological polar surface area (TPSA) is 39.4 Å². The predicted octanol–water partition coefficient (Wildman–Crippen LogP) is 2.05. The van der Waals surface area contributed by atoms with E-state index in [1.54, 1.807) is 18.2 Å². The average Bonchev–Trinajstić information content (AvgIpc) is 2.65. The zero-order chi connectivity index (χ0) is 9.52. The number of hydrogen-bond donors (Lipinski definition) is 0. The molecule has 0 N–H and O–H groups in total. The highest BCUT2D eigenvalue weighted by Gasteiger charge is 2.07. The Morgan fingerprint density at radius 3 is 3.15 bits per heavy atom. The van der Waals surface area contributed by atoms with Gasteiger partial charge >= 0.3 is 0 Å². The second kappa shape index (κ2) is 5.32. The van der Waals surface area contributed by atoms with Gasteiger partial charge in [-0.25, -0.2) is 0 Å². The Bertz CT molecular complexity index is 262. The van der Waals surface area contributed by atoms with Gasteiger partial charge in [0.05, 0.1) is 12.9 Å². The van der Waals surface area contributed by atoms with Crippen molar-refractivity contribution in [2.75, 3.05) is 13.2 Å². The van der Waals surface area contributed by atoms with Crippen molar-refractivity contribution < 1.29 is 13.9 Å². The van der Waals surface area contributed by atoms with Crippen molar-refractivity contribution in [3.63, 3.8) is 0 Å². The molecule has 13 heavy (non-hydrogen) atoms. The zero-order valence-corrected chi connectivity index (χ0v) is 7.36. The van der Waals surface area contributed by atoms with Crippen LogP contribution < -0.4 is 0 Å². The molecular weight excluding hydrogens is 168 g/mol. The minimum absolute atomic E-state index is 0.0708. The molecule has 0 unspecified atom stereocenters. The van der Waals surface area contributed by atoms with Crippen LogP contribution in [0.25, 0.3) is 0 Å². The second-order valence-corrected chi connectivity index (χ2v) is 2.53. The van der Waals surface area contributed by atoms with Crippen LogP contribution in [0.5, 0.6) is 0 Å². The molecule has 0 radical (unpaired) electrons. The minimum atomic E-state index is -0.130. The molecule has 1 aromatic heterocycles. The quantitative estimate of drug-likeness (QED) is 0.382. The molecule has 70 valence electrons. The van der Waals surface area contributed by atoms with Crippen LogP contribution in [0.2, 0.25) is 0 Å². The van der Waals surface area contributed by atoms with Gasteiger partial charge in [0.1, 0.15) is 6.61 Å². The largest absolute Gasteiger partial charge is 0.461 e. The van der Waals surface area contributed by atoms with Crippen molar-refractivity contribution in [1.29, 1.82) is 0 Å². The summed E-state index contributed by atoms with van der Waals surface area (Å²) in [5.74, 6) is 0.215. The van der Waals surface area contributed by atoms with Gasteiger partial charge in [-0.3, -0.25) is 4.79 Å². The second-order valence-electron chi connectivity index (χ2n) is 2.53. The molecule has 0 aliphatic rings. The Morgan fingerprint density at radius 1 is 1.69 bits per heavy atom. The number of hydrogen-bond acceptors (Lipinski definition) is 3. The maximum absolute atomic E-state index is 11.2. The summed E-state index contributed by atoms with van der Waals surface area (Å²) >= 11 is 0. The van der Waals surface area contributed by atoms with Crippen LogP contribution in [-0.4, -0.2) is 19.0 Å². The summed E-state index contributed by atoms with van der Waals surface area (Å²) in [5.41, 5.74) is 0. The van der Waals surface area contributed by atoms with E-state index in [1.807, 2.05) is 0 Å². The Labute approximate surface area is 77.0 Å². The van der Waals surface area contributed by atoms with Crippen molar-refractivity contribution >= 4 is 5.78 Å². The Morgan fingerprint density at radius 2 is 2.54 bits per heavy atom. The smallest absolute Gasteiger partial charge is 0.223 e. The Hall–Kier alpha value is -1.35. The molecular formula is C10H12O3. The lowest BCUT2D eigenvalue weighted by molar-refractivity contribution is 0.0741. The number of rotatable bonds is 6. The molecule has 0 atom stereocenters. The van der Waals surface area contributed by atoms with Crippen LogP contribution in [0.1, 0.15) is 17.0 Å². The maximum atomic E-state index is 11.2. The van der Waals surface area contributed by atoms with Gasteiger partial charge in [0.2, 0.25) is 5.78 Å². The number of ether oxygens (including phenoxy) is 1. The first-order valence-electron chi connectivity index (χ1n) is 4.10. The minimum Gasteiger partial charge on any atom is -0.461 e. The van der Waals surface area contributed by atoms with Crippen LogP contribution in [-0.2, 0) is 4.74 Å². The third-order valence-electron chi connectivity index (χ3n) is 1.50. The summed E-state index contributed by atoms with van der Waals surface area (Å²) < 4.78 is 9.98. The highest BCUT2D eigenvalue weighted by atomic mass is 16.5. The molecule has 0 aliphatic carbocycles. The fourth-order valence-corrected chi connectivity index (χ4v) is 0.840. The van der Waals surface area contributed by atoms with Crippen LogP contribution in [0, 0.1) is 0 Å². The predicted molar refractivity (Wildman–Crippen MR) is 48.7 cm³/mol.